The number of nitrogens with zero attached hydrogens (tertiary/aromatic N) is 4. The number of imidazole rings is 1. The van der Waals surface area contributed by atoms with Crippen LogP contribution >= 0.6 is 0 Å². The Morgan fingerprint density at radius 1 is 0.656 bits per heavy atom. The quantitative estimate of drug-likeness (QED) is 0.107. The van der Waals surface area contributed by atoms with Crippen LogP contribution in [-0.4, -0.2) is 14.1 Å². The van der Waals surface area contributed by atoms with Crippen molar-refractivity contribution in [1.29, 1.82) is 0 Å². The molecule has 0 spiro atoms. The number of fused-ring (bicyclic) bond motifs is 4. The van der Waals surface area contributed by atoms with Crippen LogP contribution in [0.2, 0.25) is 0 Å². The number of rotatable bonds is 9. The summed E-state index contributed by atoms with van der Waals surface area (Å²) in [5, 5.41) is 1.84. The molecule has 0 saturated carbocycles. The third-order valence-corrected chi connectivity index (χ3v) is 10.5. The van der Waals surface area contributed by atoms with E-state index in [-0.39, 0.29) is 54.4 Å². The normalized spacial score (nSPS) is 14.8. The van der Waals surface area contributed by atoms with Gasteiger partial charge >= 0.3 is 0 Å². The molecule has 320 valence electrons. The van der Waals surface area contributed by atoms with Crippen LogP contribution in [0.25, 0.3) is 72.3 Å². The van der Waals surface area contributed by atoms with Crippen LogP contribution in [0.3, 0.4) is 0 Å². The van der Waals surface area contributed by atoms with Gasteiger partial charge < -0.3 is 13.9 Å². The molecule has 0 atom stereocenters. The molecule has 6 heteroatoms. The maximum atomic E-state index is 9.10. The van der Waals surface area contributed by atoms with Crippen molar-refractivity contribution in [1.82, 2.24) is 14.1 Å². The van der Waals surface area contributed by atoms with E-state index in [4.69, 9.17) is 26.2 Å². The summed E-state index contributed by atoms with van der Waals surface area (Å²) < 4.78 is 118. The summed E-state index contributed by atoms with van der Waals surface area (Å²) in [7, 11) is 0. The van der Waals surface area contributed by atoms with Crippen LogP contribution in [0, 0.1) is 29.3 Å². The summed E-state index contributed by atoms with van der Waals surface area (Å²) in [5.74, 6) is 1.20. The first-order chi connectivity index (χ1) is 35.4. The van der Waals surface area contributed by atoms with Crippen molar-refractivity contribution in [3.63, 3.8) is 0 Å². The van der Waals surface area contributed by atoms with Crippen LogP contribution < -0.4 is 9.30 Å². The van der Waals surface area contributed by atoms with Crippen molar-refractivity contribution in [2.45, 2.75) is 54.3 Å². The molecule has 0 aliphatic rings. The van der Waals surface area contributed by atoms with Crippen LogP contribution in [0.5, 0.6) is 11.5 Å². The first-order valence-corrected chi connectivity index (χ1v) is 20.8. The first-order valence-electron chi connectivity index (χ1n) is 26.8. The van der Waals surface area contributed by atoms with Gasteiger partial charge in [0, 0.05) is 47.0 Å². The molecule has 0 unspecified atom stereocenters. The zero-order valence-corrected chi connectivity index (χ0v) is 38.4. The molecule has 0 N–H and O–H groups in total. The van der Waals surface area contributed by atoms with Crippen molar-refractivity contribution in [2.75, 3.05) is 0 Å². The fourth-order valence-electron chi connectivity index (χ4n) is 8.15. The number of ether oxygens (including phenoxy) is 1. The van der Waals surface area contributed by atoms with E-state index in [2.05, 4.69) is 39.2 Å². The molecule has 7 aromatic carbocycles. The van der Waals surface area contributed by atoms with Gasteiger partial charge in [-0.25, -0.2) is 4.98 Å². The van der Waals surface area contributed by atoms with Gasteiger partial charge in [0.1, 0.15) is 5.82 Å². The second-order valence-corrected chi connectivity index (χ2v) is 17.8. The zero-order valence-electron chi connectivity index (χ0n) is 48.1. The molecule has 0 radical (unpaired) electrons. The molecule has 0 aliphatic carbocycles. The van der Waals surface area contributed by atoms with Crippen molar-refractivity contribution < 1.29 is 46.8 Å². The Balaban J connectivity index is 0.00000706. The average Bonchev–Trinajstić information content (AvgIpc) is 3.91. The van der Waals surface area contributed by atoms with Crippen molar-refractivity contribution >= 4 is 32.8 Å². The van der Waals surface area contributed by atoms with E-state index in [0.717, 1.165) is 21.9 Å². The van der Waals surface area contributed by atoms with Gasteiger partial charge in [0.2, 0.25) is 0 Å². The number of hydrogen-bond acceptors (Lipinski definition) is 2. The van der Waals surface area contributed by atoms with Crippen LogP contribution in [-0.2, 0) is 33.9 Å². The van der Waals surface area contributed by atoms with E-state index in [9.17, 15) is 0 Å². The van der Waals surface area contributed by atoms with E-state index >= 15 is 0 Å². The SMILES string of the molecule is [2H]c1c([2H])c([2H])c(-c2cccc(-c3c([2H])c([2H])c([2H])c([2H])c3[2H])c2-[n+]2[c-]n(-c3[c-]c(Oc4[c-]c5c(cc4)c4ccccc4n5-c4cc(C([2H])([2H])C(C)(C)C)ccn4)ccc3)c3cc(CC(C)(C)C)ccc32)c([2H])c1[2H].[Pt]. The number of pyridine rings is 1. The fraction of sp³-hybridized carbons (Fsp3) is 0.172. The molecule has 0 amide bonds. The molecule has 3 heterocycles. The van der Waals surface area contributed by atoms with E-state index in [1.807, 2.05) is 86.0 Å². The van der Waals surface area contributed by atoms with Gasteiger partial charge in [-0.15, -0.1) is 29.7 Å². The maximum Gasteiger partial charge on any atom is 0.268 e. The molecule has 3 aromatic heterocycles. The Hall–Kier alpha value is -6.55. The number of aromatic nitrogens is 4. The Morgan fingerprint density at radius 2 is 1.34 bits per heavy atom. The molecule has 0 bridgehead atoms. The topological polar surface area (TPSA) is 35.9 Å². The number of para-hydroxylation sites is 2. The summed E-state index contributed by atoms with van der Waals surface area (Å²) in [6.45, 7) is 12.0. The summed E-state index contributed by atoms with van der Waals surface area (Å²) in [4.78, 5) is 4.73. The maximum absolute atomic E-state index is 9.10. The monoisotopic (exact) mass is 1030 g/mol. The van der Waals surface area contributed by atoms with Crippen molar-refractivity contribution in [3.05, 3.63) is 199 Å². The molecule has 0 aliphatic heterocycles. The predicted molar refractivity (Wildman–Crippen MR) is 257 cm³/mol. The van der Waals surface area contributed by atoms with Crippen LogP contribution in [0.1, 0.15) is 69.1 Å². The van der Waals surface area contributed by atoms with Gasteiger partial charge in [0.05, 0.1) is 30.4 Å². The molecule has 64 heavy (non-hydrogen) atoms. The predicted octanol–water partition coefficient (Wildman–Crippen LogP) is 14.1. The van der Waals surface area contributed by atoms with E-state index < -0.39 is 72.2 Å². The average molecular weight is 1030 g/mol. The van der Waals surface area contributed by atoms with Gasteiger partial charge in [-0.05, 0) is 86.8 Å². The standard InChI is InChI=1S/C58H50N4O.Pt/c1-57(2,3)37-40-27-30-52-54(33-40)60(39-61(52)56-47(42-17-9-7-10-18-42)24-16-25-48(56)43-19-11-8-12-20-43)44-21-15-22-45(35-44)63-46-28-29-50-49-23-13-14-26-51(49)62(53(50)36-46)55-34-41(31-32-59-55)38-58(4,5)6;/h7-34H,37-38H2,1-6H3;/q-2;/i7D,8D,9D,10D,11D,12D,17D,18D,19D,20D,38D2;. The Labute approximate surface area is 407 Å². The van der Waals surface area contributed by atoms with Crippen molar-refractivity contribution in [3.8, 4) is 50.9 Å². The molecule has 0 fully saturated rings. The van der Waals surface area contributed by atoms with E-state index in [1.54, 1.807) is 57.8 Å². The van der Waals surface area contributed by atoms with Crippen LogP contribution in [0.15, 0.2) is 170 Å². The van der Waals surface area contributed by atoms with Crippen LogP contribution in [0.4, 0.5) is 0 Å². The van der Waals surface area contributed by atoms with Gasteiger partial charge in [0.15, 0.2) is 0 Å². The third kappa shape index (κ3) is 8.58. The number of benzene rings is 7. The summed E-state index contributed by atoms with van der Waals surface area (Å²) >= 11 is 0. The second kappa shape index (κ2) is 17.2. The van der Waals surface area contributed by atoms with Gasteiger partial charge in [-0.3, -0.25) is 4.57 Å². The van der Waals surface area contributed by atoms with E-state index in [0.29, 0.717) is 51.5 Å². The summed E-state index contributed by atoms with van der Waals surface area (Å²) in [5.41, 5.74) is 3.92. The summed E-state index contributed by atoms with van der Waals surface area (Å²) in [6.07, 6.45) is 4.11. The fourth-order valence-corrected chi connectivity index (χ4v) is 8.15. The molecule has 10 rings (SSSR count). The molecular formula is C58H50N4OPt-2. The minimum Gasteiger partial charge on any atom is -0.510 e. The molecule has 10 aromatic rings. The largest absolute Gasteiger partial charge is 0.510 e. The Bertz CT molecular complexity index is 3840. The van der Waals surface area contributed by atoms with Crippen molar-refractivity contribution in [2.24, 2.45) is 10.8 Å². The molecule has 5 nitrogen and oxygen atoms in total. The first kappa shape index (κ1) is 30.5. The van der Waals surface area contributed by atoms with Gasteiger partial charge in [-0.2, -0.15) is 18.2 Å². The number of hydrogen-bond donors (Lipinski definition) is 0. The second-order valence-electron chi connectivity index (χ2n) is 17.8. The minimum absolute atomic E-state index is 0. The Kier molecular flexibility index (Phi) is 8.20. The zero-order chi connectivity index (χ0) is 53.8. The molecular weight excluding hydrogens is 964 g/mol. The summed E-state index contributed by atoms with van der Waals surface area (Å²) in [6, 6.07) is 32.7. The van der Waals surface area contributed by atoms with E-state index in [1.165, 1.54) is 0 Å². The minimum atomic E-state index is -1.67. The van der Waals surface area contributed by atoms with Gasteiger partial charge in [-0.1, -0.05) is 162 Å². The Morgan fingerprint density at radius 3 is 2.05 bits per heavy atom. The van der Waals surface area contributed by atoms with Gasteiger partial charge in [0.25, 0.3) is 6.33 Å². The smallest absolute Gasteiger partial charge is 0.268 e. The molecule has 0 saturated heterocycles. The third-order valence-electron chi connectivity index (χ3n) is 10.5.